The largest absolute Gasteiger partial charge is 0.395 e. The first-order valence-corrected chi connectivity index (χ1v) is 5.56. The summed E-state index contributed by atoms with van der Waals surface area (Å²) < 4.78 is 5.29. The van der Waals surface area contributed by atoms with E-state index in [9.17, 15) is 9.90 Å². The molecule has 0 spiro atoms. The van der Waals surface area contributed by atoms with Crippen LogP contribution in [0.3, 0.4) is 0 Å². The summed E-state index contributed by atoms with van der Waals surface area (Å²) in [7, 11) is 0. The molecule has 1 aliphatic heterocycles. The van der Waals surface area contributed by atoms with E-state index in [4.69, 9.17) is 10.6 Å². The number of hydrazine groups is 1. The molecule has 1 fully saturated rings. The number of nitrogens with one attached hydrogen (secondary N) is 1. The third-order valence-corrected chi connectivity index (χ3v) is 3.29. The molecule has 1 amide bonds. The Kier molecular flexibility index (Phi) is 5.14. The molecule has 0 saturated carbocycles. The van der Waals surface area contributed by atoms with E-state index >= 15 is 0 Å². The topological polar surface area (TPSA) is 87.8 Å². The van der Waals surface area contributed by atoms with E-state index in [-0.39, 0.29) is 30.5 Å². The first-order valence-electron chi connectivity index (χ1n) is 5.56. The van der Waals surface area contributed by atoms with Gasteiger partial charge in [0.15, 0.2) is 0 Å². The van der Waals surface area contributed by atoms with Gasteiger partial charge >= 0.3 is 0 Å². The predicted octanol–water partition coefficient (Wildman–Crippen LogP) is -1.31. The molecule has 0 aromatic rings. The van der Waals surface area contributed by atoms with Crippen molar-refractivity contribution in [2.75, 3.05) is 26.4 Å². The molecule has 1 saturated heterocycles. The molecule has 4 N–H and O–H groups in total. The van der Waals surface area contributed by atoms with Gasteiger partial charge in [-0.1, -0.05) is 6.92 Å². The zero-order chi connectivity index (χ0) is 12.1. The van der Waals surface area contributed by atoms with Gasteiger partial charge in [0.2, 0.25) is 5.91 Å². The summed E-state index contributed by atoms with van der Waals surface area (Å²) in [5.41, 5.74) is 2.16. The summed E-state index contributed by atoms with van der Waals surface area (Å²) >= 11 is 0. The lowest BCUT2D eigenvalue weighted by Gasteiger charge is -2.40. The zero-order valence-corrected chi connectivity index (χ0v) is 9.85. The maximum Gasteiger partial charge on any atom is 0.238 e. The minimum Gasteiger partial charge on any atom is -0.395 e. The molecule has 3 unspecified atom stereocenters. The van der Waals surface area contributed by atoms with Crippen molar-refractivity contribution in [3.05, 3.63) is 0 Å². The molecular formula is C10H21N3O3. The monoisotopic (exact) mass is 231 g/mol. The Balaban J connectivity index is 2.62. The molecule has 0 bridgehead atoms. The van der Waals surface area contributed by atoms with Crippen molar-refractivity contribution >= 4 is 5.91 Å². The standard InChI is InChI=1S/C10H21N3O3/c1-7(10(15)12-11)8(2)13-3-4-16-6-9(13)5-14/h7-9,14H,3-6,11H2,1-2H3,(H,12,15). The number of morpholine rings is 1. The Morgan fingerprint density at radius 3 is 2.94 bits per heavy atom. The number of ether oxygens (including phenoxy) is 1. The Bertz CT molecular complexity index is 237. The van der Waals surface area contributed by atoms with Crippen LogP contribution in [0.1, 0.15) is 13.8 Å². The lowest BCUT2D eigenvalue weighted by atomic mass is 9.99. The van der Waals surface area contributed by atoms with Gasteiger partial charge in [0.25, 0.3) is 0 Å². The van der Waals surface area contributed by atoms with Crippen LogP contribution < -0.4 is 11.3 Å². The number of carbonyl (C=O) groups excluding carboxylic acids is 1. The summed E-state index contributed by atoms with van der Waals surface area (Å²) in [6.07, 6.45) is 0. The number of carbonyl (C=O) groups is 1. The number of nitrogens with zero attached hydrogens (tertiary/aromatic N) is 1. The van der Waals surface area contributed by atoms with Gasteiger partial charge in [0.05, 0.1) is 31.8 Å². The van der Waals surface area contributed by atoms with Crippen molar-refractivity contribution in [2.24, 2.45) is 11.8 Å². The minimum atomic E-state index is -0.211. The Labute approximate surface area is 95.7 Å². The zero-order valence-electron chi connectivity index (χ0n) is 9.85. The maximum atomic E-state index is 11.4. The second-order valence-electron chi connectivity index (χ2n) is 4.19. The van der Waals surface area contributed by atoms with Gasteiger partial charge in [-0.15, -0.1) is 0 Å². The van der Waals surface area contributed by atoms with E-state index in [1.165, 1.54) is 0 Å². The maximum absolute atomic E-state index is 11.4. The number of hydrogen-bond donors (Lipinski definition) is 3. The average molecular weight is 231 g/mol. The number of nitrogens with two attached hydrogens (primary N) is 1. The van der Waals surface area contributed by atoms with Crippen LogP contribution in [0.25, 0.3) is 0 Å². The summed E-state index contributed by atoms with van der Waals surface area (Å²) in [6, 6.07) is 0.00127. The van der Waals surface area contributed by atoms with E-state index in [0.717, 1.165) is 6.54 Å². The fourth-order valence-corrected chi connectivity index (χ4v) is 2.00. The van der Waals surface area contributed by atoms with Gasteiger partial charge in [-0.3, -0.25) is 15.1 Å². The molecule has 1 heterocycles. The SMILES string of the molecule is CC(C(=O)NN)C(C)N1CCOCC1CO. The van der Waals surface area contributed by atoms with Crippen molar-refractivity contribution in [3.63, 3.8) is 0 Å². The summed E-state index contributed by atoms with van der Waals surface area (Å²) in [5, 5.41) is 9.24. The van der Waals surface area contributed by atoms with E-state index in [1.807, 2.05) is 13.8 Å². The van der Waals surface area contributed by atoms with Gasteiger partial charge in [-0.2, -0.15) is 0 Å². The van der Waals surface area contributed by atoms with Crippen molar-refractivity contribution in [1.29, 1.82) is 0 Å². The first-order chi connectivity index (χ1) is 7.61. The highest BCUT2D eigenvalue weighted by Crippen LogP contribution is 2.17. The fourth-order valence-electron chi connectivity index (χ4n) is 2.00. The highest BCUT2D eigenvalue weighted by atomic mass is 16.5. The smallest absolute Gasteiger partial charge is 0.238 e. The van der Waals surface area contributed by atoms with Crippen molar-refractivity contribution in [3.8, 4) is 0 Å². The van der Waals surface area contributed by atoms with Gasteiger partial charge in [0, 0.05) is 12.6 Å². The Hall–Kier alpha value is -0.690. The van der Waals surface area contributed by atoms with Crippen LogP contribution in [0.5, 0.6) is 0 Å². The lowest BCUT2D eigenvalue weighted by molar-refractivity contribution is -0.128. The number of hydrogen-bond acceptors (Lipinski definition) is 5. The molecule has 3 atom stereocenters. The van der Waals surface area contributed by atoms with Crippen LogP contribution in [0.2, 0.25) is 0 Å². The number of aliphatic hydroxyl groups is 1. The molecule has 94 valence electrons. The molecule has 0 aromatic heterocycles. The van der Waals surface area contributed by atoms with Gasteiger partial charge in [-0.25, -0.2) is 5.84 Å². The number of aliphatic hydroxyl groups excluding tert-OH is 1. The molecule has 6 heteroatoms. The molecule has 6 nitrogen and oxygen atoms in total. The quantitative estimate of drug-likeness (QED) is 0.318. The number of rotatable bonds is 4. The lowest BCUT2D eigenvalue weighted by Crippen LogP contribution is -2.55. The third-order valence-electron chi connectivity index (χ3n) is 3.29. The summed E-state index contributed by atoms with van der Waals surface area (Å²) in [6.45, 7) is 5.72. The first kappa shape index (κ1) is 13.4. The normalized spacial score (nSPS) is 26.1. The summed E-state index contributed by atoms with van der Waals surface area (Å²) in [5.74, 6) is 4.72. The highest BCUT2D eigenvalue weighted by Gasteiger charge is 2.31. The van der Waals surface area contributed by atoms with E-state index in [1.54, 1.807) is 0 Å². The summed E-state index contributed by atoms with van der Waals surface area (Å²) in [4.78, 5) is 13.5. The van der Waals surface area contributed by atoms with Crippen LogP contribution in [-0.4, -0.2) is 54.4 Å². The molecule has 0 aromatic carbocycles. The fraction of sp³-hybridized carbons (Fsp3) is 0.900. The van der Waals surface area contributed by atoms with Crippen LogP contribution in [-0.2, 0) is 9.53 Å². The van der Waals surface area contributed by atoms with E-state index < -0.39 is 0 Å². The van der Waals surface area contributed by atoms with Crippen LogP contribution >= 0.6 is 0 Å². The van der Waals surface area contributed by atoms with Gasteiger partial charge in [0.1, 0.15) is 0 Å². The van der Waals surface area contributed by atoms with E-state index in [0.29, 0.717) is 13.2 Å². The van der Waals surface area contributed by atoms with Crippen LogP contribution in [0, 0.1) is 5.92 Å². The number of amides is 1. The van der Waals surface area contributed by atoms with Gasteiger partial charge < -0.3 is 9.84 Å². The second-order valence-corrected chi connectivity index (χ2v) is 4.19. The predicted molar refractivity (Wildman–Crippen MR) is 59.4 cm³/mol. The molecule has 1 rings (SSSR count). The molecule has 16 heavy (non-hydrogen) atoms. The minimum absolute atomic E-state index is 0.0308. The molecule has 1 aliphatic rings. The Morgan fingerprint density at radius 2 is 2.38 bits per heavy atom. The Morgan fingerprint density at radius 1 is 1.69 bits per heavy atom. The van der Waals surface area contributed by atoms with Gasteiger partial charge in [-0.05, 0) is 6.92 Å². The average Bonchev–Trinajstić information content (AvgIpc) is 2.35. The molecule has 0 radical (unpaired) electrons. The second kappa shape index (κ2) is 6.15. The molecule has 0 aliphatic carbocycles. The molecular weight excluding hydrogens is 210 g/mol. The highest BCUT2D eigenvalue weighted by molar-refractivity contribution is 5.78. The van der Waals surface area contributed by atoms with Crippen LogP contribution in [0.4, 0.5) is 0 Å². The van der Waals surface area contributed by atoms with Crippen molar-refractivity contribution < 1.29 is 14.6 Å². The van der Waals surface area contributed by atoms with Crippen molar-refractivity contribution in [1.82, 2.24) is 10.3 Å². The third kappa shape index (κ3) is 2.91. The van der Waals surface area contributed by atoms with E-state index in [2.05, 4.69) is 10.3 Å². The van der Waals surface area contributed by atoms with Crippen molar-refractivity contribution in [2.45, 2.75) is 25.9 Å². The van der Waals surface area contributed by atoms with Crippen LogP contribution in [0.15, 0.2) is 0 Å².